The average molecular weight is 283 g/mol. The topological polar surface area (TPSA) is 52.6 Å². The molecule has 0 bridgehead atoms. The molecule has 19 heavy (non-hydrogen) atoms. The lowest BCUT2D eigenvalue weighted by atomic mass is 9.98. The SMILES string of the molecule is Cc1ccc(Cl)c(NC(=O)N2CCC(CO)CC2)c1. The van der Waals surface area contributed by atoms with Gasteiger partial charge in [0.2, 0.25) is 0 Å². The van der Waals surface area contributed by atoms with Gasteiger partial charge in [0, 0.05) is 19.7 Å². The molecule has 4 nitrogen and oxygen atoms in total. The monoisotopic (exact) mass is 282 g/mol. The number of aliphatic hydroxyl groups is 1. The van der Waals surface area contributed by atoms with Gasteiger partial charge in [0.25, 0.3) is 0 Å². The van der Waals surface area contributed by atoms with E-state index in [4.69, 9.17) is 16.7 Å². The second kappa shape index (κ2) is 6.26. The first-order valence-corrected chi connectivity index (χ1v) is 6.91. The maximum Gasteiger partial charge on any atom is 0.321 e. The predicted molar refractivity (Wildman–Crippen MR) is 76.6 cm³/mol. The summed E-state index contributed by atoms with van der Waals surface area (Å²) in [6.07, 6.45) is 1.71. The van der Waals surface area contributed by atoms with E-state index in [-0.39, 0.29) is 12.6 Å². The van der Waals surface area contributed by atoms with Crippen LogP contribution in [-0.2, 0) is 0 Å². The summed E-state index contributed by atoms with van der Waals surface area (Å²) in [5.41, 5.74) is 1.70. The van der Waals surface area contributed by atoms with Gasteiger partial charge < -0.3 is 15.3 Å². The normalized spacial score (nSPS) is 16.5. The summed E-state index contributed by atoms with van der Waals surface area (Å²) in [4.78, 5) is 13.9. The van der Waals surface area contributed by atoms with Gasteiger partial charge in [-0.1, -0.05) is 17.7 Å². The highest BCUT2D eigenvalue weighted by atomic mass is 35.5. The number of nitrogens with zero attached hydrogens (tertiary/aromatic N) is 1. The Kier molecular flexibility index (Phi) is 4.66. The van der Waals surface area contributed by atoms with Crippen molar-refractivity contribution in [1.82, 2.24) is 4.90 Å². The summed E-state index contributed by atoms with van der Waals surface area (Å²) in [7, 11) is 0. The standard InChI is InChI=1S/C14H19ClN2O2/c1-10-2-3-12(15)13(8-10)16-14(19)17-6-4-11(9-18)5-7-17/h2-3,8,11,18H,4-7,9H2,1H3,(H,16,19). The van der Waals surface area contributed by atoms with E-state index < -0.39 is 0 Å². The van der Waals surface area contributed by atoms with Crippen LogP contribution in [0.5, 0.6) is 0 Å². The number of aryl methyl sites for hydroxylation is 1. The molecule has 5 heteroatoms. The van der Waals surface area contributed by atoms with Crippen LogP contribution < -0.4 is 5.32 Å². The van der Waals surface area contributed by atoms with Gasteiger partial charge in [0.15, 0.2) is 0 Å². The number of hydrogen-bond acceptors (Lipinski definition) is 2. The van der Waals surface area contributed by atoms with Crippen molar-refractivity contribution in [3.8, 4) is 0 Å². The quantitative estimate of drug-likeness (QED) is 0.876. The molecule has 0 atom stereocenters. The van der Waals surface area contributed by atoms with Crippen LogP contribution in [0.2, 0.25) is 5.02 Å². The Labute approximate surface area is 118 Å². The predicted octanol–water partition coefficient (Wildman–Crippen LogP) is 2.88. The van der Waals surface area contributed by atoms with Crippen LogP contribution in [-0.4, -0.2) is 35.7 Å². The maximum absolute atomic E-state index is 12.1. The second-order valence-electron chi connectivity index (χ2n) is 5.03. The van der Waals surface area contributed by atoms with Crippen LogP contribution >= 0.6 is 11.6 Å². The van der Waals surface area contributed by atoms with E-state index in [2.05, 4.69) is 5.32 Å². The summed E-state index contributed by atoms with van der Waals surface area (Å²) < 4.78 is 0. The van der Waals surface area contributed by atoms with Crippen LogP contribution in [0.15, 0.2) is 18.2 Å². The number of halogens is 1. The molecule has 1 aromatic rings. The highest BCUT2D eigenvalue weighted by Crippen LogP contribution is 2.24. The van der Waals surface area contributed by atoms with Gasteiger partial charge in [-0.15, -0.1) is 0 Å². The van der Waals surface area contributed by atoms with Crippen LogP contribution in [0.4, 0.5) is 10.5 Å². The minimum Gasteiger partial charge on any atom is -0.396 e. The summed E-state index contributed by atoms with van der Waals surface area (Å²) in [5.74, 6) is 0.326. The fourth-order valence-electron chi connectivity index (χ4n) is 2.25. The van der Waals surface area contributed by atoms with E-state index in [0.29, 0.717) is 29.7 Å². The van der Waals surface area contributed by atoms with E-state index in [1.54, 1.807) is 11.0 Å². The highest BCUT2D eigenvalue weighted by molar-refractivity contribution is 6.33. The van der Waals surface area contributed by atoms with E-state index in [0.717, 1.165) is 18.4 Å². The average Bonchev–Trinajstić information content (AvgIpc) is 2.43. The molecule has 2 N–H and O–H groups in total. The number of benzene rings is 1. The molecule has 0 saturated carbocycles. The number of likely N-dealkylation sites (tertiary alicyclic amines) is 1. The first-order chi connectivity index (χ1) is 9.10. The molecule has 1 aliphatic heterocycles. The van der Waals surface area contributed by atoms with E-state index >= 15 is 0 Å². The molecule has 0 aliphatic carbocycles. The molecule has 0 unspecified atom stereocenters. The highest BCUT2D eigenvalue weighted by Gasteiger charge is 2.22. The maximum atomic E-state index is 12.1. The Bertz CT molecular complexity index is 457. The Morgan fingerprint density at radius 3 is 2.79 bits per heavy atom. The van der Waals surface area contributed by atoms with Gasteiger partial charge in [-0.3, -0.25) is 0 Å². The van der Waals surface area contributed by atoms with Crippen molar-refractivity contribution in [3.05, 3.63) is 28.8 Å². The van der Waals surface area contributed by atoms with Crippen LogP contribution in [0.3, 0.4) is 0 Å². The van der Waals surface area contributed by atoms with Gasteiger partial charge in [-0.05, 0) is 43.4 Å². The third-order valence-corrected chi connectivity index (χ3v) is 3.85. The number of hydrogen-bond donors (Lipinski definition) is 2. The van der Waals surface area contributed by atoms with Crippen LogP contribution in [0, 0.1) is 12.8 Å². The number of anilines is 1. The lowest BCUT2D eigenvalue weighted by molar-refractivity contribution is 0.143. The Morgan fingerprint density at radius 2 is 2.16 bits per heavy atom. The van der Waals surface area contributed by atoms with Crippen molar-refractivity contribution in [2.45, 2.75) is 19.8 Å². The lowest BCUT2D eigenvalue weighted by Gasteiger charge is -2.31. The smallest absolute Gasteiger partial charge is 0.321 e. The van der Waals surface area contributed by atoms with Gasteiger partial charge in [-0.25, -0.2) is 4.79 Å². The lowest BCUT2D eigenvalue weighted by Crippen LogP contribution is -2.41. The Balaban J connectivity index is 1.96. The Hall–Kier alpha value is -1.26. The van der Waals surface area contributed by atoms with Crippen molar-refractivity contribution in [2.75, 3.05) is 25.0 Å². The molecular weight excluding hydrogens is 264 g/mol. The minimum absolute atomic E-state index is 0.121. The zero-order valence-corrected chi connectivity index (χ0v) is 11.8. The van der Waals surface area contributed by atoms with Crippen molar-refractivity contribution < 1.29 is 9.90 Å². The summed E-state index contributed by atoms with van der Waals surface area (Å²) in [5, 5.41) is 12.5. The third-order valence-electron chi connectivity index (χ3n) is 3.52. The number of aliphatic hydroxyl groups excluding tert-OH is 1. The summed E-state index contributed by atoms with van der Waals surface area (Å²) >= 11 is 6.06. The third kappa shape index (κ3) is 3.61. The van der Waals surface area contributed by atoms with E-state index in [9.17, 15) is 4.79 Å². The van der Waals surface area contributed by atoms with Gasteiger partial charge >= 0.3 is 6.03 Å². The van der Waals surface area contributed by atoms with Crippen molar-refractivity contribution in [1.29, 1.82) is 0 Å². The van der Waals surface area contributed by atoms with Crippen molar-refractivity contribution in [2.24, 2.45) is 5.92 Å². The number of urea groups is 1. The summed E-state index contributed by atoms with van der Waals surface area (Å²) in [6, 6.07) is 5.43. The Morgan fingerprint density at radius 1 is 1.47 bits per heavy atom. The molecule has 0 spiro atoms. The number of piperidine rings is 1. The zero-order chi connectivity index (χ0) is 13.8. The number of rotatable bonds is 2. The molecule has 1 heterocycles. The van der Waals surface area contributed by atoms with Gasteiger partial charge in [-0.2, -0.15) is 0 Å². The fraction of sp³-hybridized carbons (Fsp3) is 0.500. The number of carbonyl (C=O) groups excluding carboxylic acids is 1. The van der Waals surface area contributed by atoms with Crippen LogP contribution in [0.1, 0.15) is 18.4 Å². The fourth-order valence-corrected chi connectivity index (χ4v) is 2.41. The molecule has 2 amide bonds. The largest absolute Gasteiger partial charge is 0.396 e. The van der Waals surface area contributed by atoms with Gasteiger partial charge in [0.1, 0.15) is 0 Å². The van der Waals surface area contributed by atoms with Gasteiger partial charge in [0.05, 0.1) is 10.7 Å². The zero-order valence-electron chi connectivity index (χ0n) is 11.0. The molecule has 104 valence electrons. The first kappa shape index (κ1) is 14.2. The van der Waals surface area contributed by atoms with E-state index in [1.165, 1.54) is 0 Å². The molecule has 1 aliphatic rings. The molecule has 0 aromatic heterocycles. The molecule has 1 aromatic carbocycles. The van der Waals surface area contributed by atoms with Crippen molar-refractivity contribution in [3.63, 3.8) is 0 Å². The first-order valence-electron chi connectivity index (χ1n) is 6.53. The number of carbonyl (C=O) groups is 1. The van der Waals surface area contributed by atoms with E-state index in [1.807, 2.05) is 19.1 Å². The van der Waals surface area contributed by atoms with Crippen LogP contribution in [0.25, 0.3) is 0 Å². The molecule has 1 saturated heterocycles. The molecule has 1 fully saturated rings. The number of nitrogens with one attached hydrogen (secondary N) is 1. The summed E-state index contributed by atoms with van der Waals surface area (Å²) in [6.45, 7) is 3.53. The molecular formula is C14H19ClN2O2. The minimum atomic E-state index is -0.121. The molecule has 0 radical (unpaired) electrons. The number of amides is 2. The molecule has 2 rings (SSSR count). The van der Waals surface area contributed by atoms with Crippen molar-refractivity contribution >= 4 is 23.3 Å². The second-order valence-corrected chi connectivity index (χ2v) is 5.43.